The number of alkyl carbamates (subject to hydrolysis) is 1. The van der Waals surface area contributed by atoms with Gasteiger partial charge < -0.3 is 20.1 Å². The van der Waals surface area contributed by atoms with E-state index in [4.69, 9.17) is 4.74 Å². The molecule has 1 fully saturated rings. The van der Waals surface area contributed by atoms with E-state index in [-0.39, 0.29) is 17.8 Å². The van der Waals surface area contributed by atoms with Gasteiger partial charge in [-0.3, -0.25) is 4.79 Å². The molecule has 1 amide bonds. The zero-order valence-electron chi connectivity index (χ0n) is 12.1. The average molecular weight is 272 g/mol. The van der Waals surface area contributed by atoms with Crippen LogP contribution in [0.1, 0.15) is 27.2 Å². The third-order valence-electron chi connectivity index (χ3n) is 3.04. The maximum Gasteiger partial charge on any atom is 0.407 e. The smallest absolute Gasteiger partial charge is 0.407 e. The first-order valence-electron chi connectivity index (χ1n) is 6.56. The Hall–Kier alpha value is -1.30. The Labute approximate surface area is 114 Å². The topological polar surface area (TPSA) is 76.7 Å². The SMILES string of the molecule is COC(=O)C[C@H]1CNC[C@H]1CNC(=O)OC(C)(C)C. The highest BCUT2D eigenvalue weighted by atomic mass is 16.6. The molecule has 6 heteroatoms. The molecule has 0 aliphatic carbocycles. The Bertz CT molecular complexity index is 325. The standard InChI is InChI=1S/C13H24N2O4/c1-13(2,3)19-12(17)15-8-10-7-14-6-9(10)5-11(16)18-4/h9-10,14H,5-8H2,1-4H3,(H,15,17)/t9-,10-/m0/s1. The summed E-state index contributed by atoms with van der Waals surface area (Å²) in [5.74, 6) is 0.213. The molecule has 1 heterocycles. The fourth-order valence-corrected chi connectivity index (χ4v) is 2.09. The molecule has 2 N–H and O–H groups in total. The van der Waals surface area contributed by atoms with Crippen molar-refractivity contribution in [1.29, 1.82) is 0 Å². The van der Waals surface area contributed by atoms with E-state index in [2.05, 4.69) is 15.4 Å². The van der Waals surface area contributed by atoms with Gasteiger partial charge in [0.25, 0.3) is 0 Å². The number of rotatable bonds is 4. The number of hydrogen-bond donors (Lipinski definition) is 2. The summed E-state index contributed by atoms with van der Waals surface area (Å²) < 4.78 is 9.85. The molecule has 0 unspecified atom stereocenters. The van der Waals surface area contributed by atoms with Gasteiger partial charge in [-0.15, -0.1) is 0 Å². The van der Waals surface area contributed by atoms with Gasteiger partial charge in [-0.25, -0.2) is 4.79 Å². The number of amides is 1. The quantitative estimate of drug-likeness (QED) is 0.744. The molecule has 110 valence electrons. The molecule has 1 rings (SSSR count). The van der Waals surface area contributed by atoms with Crippen molar-refractivity contribution in [2.75, 3.05) is 26.7 Å². The van der Waals surface area contributed by atoms with Crippen molar-refractivity contribution >= 4 is 12.1 Å². The first kappa shape index (κ1) is 15.8. The van der Waals surface area contributed by atoms with E-state index in [0.29, 0.717) is 13.0 Å². The number of nitrogens with one attached hydrogen (secondary N) is 2. The minimum Gasteiger partial charge on any atom is -0.469 e. The lowest BCUT2D eigenvalue weighted by atomic mass is 9.93. The molecule has 0 spiro atoms. The molecular formula is C13H24N2O4. The first-order valence-corrected chi connectivity index (χ1v) is 6.56. The summed E-state index contributed by atoms with van der Waals surface area (Å²) in [4.78, 5) is 22.8. The third-order valence-corrected chi connectivity index (χ3v) is 3.04. The predicted molar refractivity (Wildman–Crippen MR) is 70.7 cm³/mol. The molecule has 6 nitrogen and oxygen atoms in total. The number of ether oxygens (including phenoxy) is 2. The van der Waals surface area contributed by atoms with Crippen LogP contribution < -0.4 is 10.6 Å². The number of esters is 1. The summed E-state index contributed by atoms with van der Waals surface area (Å²) in [6, 6.07) is 0. The van der Waals surface area contributed by atoms with E-state index in [0.717, 1.165) is 13.1 Å². The van der Waals surface area contributed by atoms with Crippen LogP contribution in [0.15, 0.2) is 0 Å². The summed E-state index contributed by atoms with van der Waals surface area (Å²) in [5, 5.41) is 5.97. The van der Waals surface area contributed by atoms with Crippen LogP contribution in [-0.4, -0.2) is 44.4 Å². The van der Waals surface area contributed by atoms with Crippen molar-refractivity contribution < 1.29 is 19.1 Å². The molecule has 1 aliphatic heterocycles. The molecule has 0 aromatic heterocycles. The van der Waals surface area contributed by atoms with Gasteiger partial charge in [0.05, 0.1) is 7.11 Å². The van der Waals surface area contributed by atoms with E-state index >= 15 is 0 Å². The average Bonchev–Trinajstić information content (AvgIpc) is 2.71. The van der Waals surface area contributed by atoms with Crippen molar-refractivity contribution in [3.05, 3.63) is 0 Å². The zero-order chi connectivity index (χ0) is 14.5. The van der Waals surface area contributed by atoms with Gasteiger partial charge in [-0.2, -0.15) is 0 Å². The summed E-state index contributed by atoms with van der Waals surface area (Å²) in [5.41, 5.74) is -0.497. The van der Waals surface area contributed by atoms with Gasteiger partial charge in [0.1, 0.15) is 5.60 Å². The lowest BCUT2D eigenvalue weighted by Gasteiger charge is -2.22. The van der Waals surface area contributed by atoms with E-state index < -0.39 is 11.7 Å². The third kappa shape index (κ3) is 5.92. The number of hydrogen-bond acceptors (Lipinski definition) is 5. The Morgan fingerprint density at radius 3 is 2.47 bits per heavy atom. The monoisotopic (exact) mass is 272 g/mol. The Morgan fingerprint density at radius 2 is 1.89 bits per heavy atom. The van der Waals surface area contributed by atoms with Gasteiger partial charge >= 0.3 is 12.1 Å². The predicted octanol–water partition coefficient (Wildman–Crippen LogP) is 0.910. The highest BCUT2D eigenvalue weighted by Gasteiger charge is 2.30. The Balaban J connectivity index is 2.35. The molecule has 19 heavy (non-hydrogen) atoms. The van der Waals surface area contributed by atoms with Crippen molar-refractivity contribution in [2.45, 2.75) is 32.8 Å². The molecule has 0 aromatic carbocycles. The Morgan fingerprint density at radius 1 is 1.26 bits per heavy atom. The summed E-state index contributed by atoms with van der Waals surface area (Å²) >= 11 is 0. The minimum absolute atomic E-state index is 0.197. The maximum absolute atomic E-state index is 11.6. The lowest BCUT2D eigenvalue weighted by Crippen LogP contribution is -2.37. The maximum atomic E-state index is 11.6. The summed E-state index contributed by atoms with van der Waals surface area (Å²) in [6.07, 6.45) is -0.0410. The van der Waals surface area contributed by atoms with E-state index in [1.807, 2.05) is 20.8 Å². The second-order valence-corrected chi connectivity index (χ2v) is 5.84. The zero-order valence-corrected chi connectivity index (χ0v) is 12.1. The summed E-state index contributed by atoms with van der Waals surface area (Å²) in [6.45, 7) is 7.54. The molecular weight excluding hydrogens is 248 g/mol. The normalized spacial score (nSPS) is 22.9. The molecule has 0 bridgehead atoms. The molecule has 1 aliphatic rings. The van der Waals surface area contributed by atoms with Crippen molar-refractivity contribution in [3.63, 3.8) is 0 Å². The second-order valence-electron chi connectivity index (χ2n) is 5.84. The van der Waals surface area contributed by atoms with Crippen LogP contribution >= 0.6 is 0 Å². The van der Waals surface area contributed by atoms with Crippen molar-refractivity contribution in [1.82, 2.24) is 10.6 Å². The van der Waals surface area contributed by atoms with Gasteiger partial charge in [-0.1, -0.05) is 0 Å². The number of methoxy groups -OCH3 is 1. The number of carbonyl (C=O) groups excluding carboxylic acids is 2. The van der Waals surface area contributed by atoms with Crippen LogP contribution in [0.2, 0.25) is 0 Å². The van der Waals surface area contributed by atoms with E-state index in [1.165, 1.54) is 7.11 Å². The van der Waals surface area contributed by atoms with Gasteiger partial charge in [-0.05, 0) is 45.7 Å². The van der Waals surface area contributed by atoms with E-state index in [9.17, 15) is 9.59 Å². The largest absolute Gasteiger partial charge is 0.469 e. The van der Waals surface area contributed by atoms with Gasteiger partial charge in [0, 0.05) is 13.0 Å². The van der Waals surface area contributed by atoms with Crippen LogP contribution in [0.4, 0.5) is 4.79 Å². The van der Waals surface area contributed by atoms with Crippen LogP contribution in [0.25, 0.3) is 0 Å². The van der Waals surface area contributed by atoms with Gasteiger partial charge in [0.15, 0.2) is 0 Å². The molecule has 1 saturated heterocycles. The minimum atomic E-state index is -0.497. The molecule has 0 aromatic rings. The van der Waals surface area contributed by atoms with E-state index in [1.54, 1.807) is 0 Å². The fraction of sp³-hybridized carbons (Fsp3) is 0.846. The lowest BCUT2D eigenvalue weighted by molar-refractivity contribution is -0.141. The highest BCUT2D eigenvalue weighted by Crippen LogP contribution is 2.20. The molecule has 0 saturated carbocycles. The van der Waals surface area contributed by atoms with Crippen LogP contribution in [0.5, 0.6) is 0 Å². The van der Waals surface area contributed by atoms with Gasteiger partial charge in [0.2, 0.25) is 0 Å². The Kier molecular flexibility index (Phi) is 5.60. The van der Waals surface area contributed by atoms with Crippen LogP contribution in [0.3, 0.4) is 0 Å². The molecule has 2 atom stereocenters. The first-order chi connectivity index (χ1) is 8.81. The fourth-order valence-electron chi connectivity index (χ4n) is 2.09. The number of carbonyl (C=O) groups is 2. The van der Waals surface area contributed by atoms with Crippen LogP contribution in [-0.2, 0) is 14.3 Å². The second kappa shape index (κ2) is 6.75. The van der Waals surface area contributed by atoms with Crippen molar-refractivity contribution in [2.24, 2.45) is 11.8 Å². The summed E-state index contributed by atoms with van der Waals surface area (Å²) in [7, 11) is 1.39. The van der Waals surface area contributed by atoms with Crippen molar-refractivity contribution in [3.8, 4) is 0 Å². The molecule has 0 radical (unpaired) electrons. The highest BCUT2D eigenvalue weighted by molar-refractivity contribution is 5.69. The van der Waals surface area contributed by atoms with Crippen LogP contribution in [0, 0.1) is 11.8 Å².